The first-order valence-electron chi connectivity index (χ1n) is 4.33. The van der Waals surface area contributed by atoms with E-state index in [-0.39, 0.29) is 0 Å². The predicted octanol–water partition coefficient (Wildman–Crippen LogP) is -0.152. The highest BCUT2D eigenvalue weighted by Crippen LogP contribution is 1.65. The van der Waals surface area contributed by atoms with E-state index >= 15 is 0 Å². The third-order valence-corrected chi connectivity index (χ3v) is 1.59. The first-order chi connectivity index (χ1) is 5.31. The fraction of sp³-hybridized carbons (Fsp3) is 0.667. The molecule has 0 aliphatic carbocycles. The minimum Gasteiger partial charge on any atom is -0.465 e. The largest absolute Gasteiger partial charge is 0.465 e. The van der Waals surface area contributed by atoms with Crippen molar-refractivity contribution in [2.24, 2.45) is 0 Å². The molecule has 1 unspecified atom stereocenters. The minimum atomic E-state index is 0.980. The Morgan fingerprint density at radius 1 is 1.36 bits per heavy atom. The molecular formula is C9H20N2. The molecule has 0 radical (unpaired) electrons. The van der Waals surface area contributed by atoms with Gasteiger partial charge >= 0.3 is 0 Å². The van der Waals surface area contributed by atoms with Gasteiger partial charge in [-0.05, 0) is 19.5 Å². The van der Waals surface area contributed by atoms with E-state index < -0.39 is 0 Å². The molecule has 0 aliphatic rings. The van der Waals surface area contributed by atoms with E-state index in [9.17, 15) is 0 Å². The zero-order chi connectivity index (χ0) is 8.53. The molecule has 0 amide bonds. The zero-order valence-electron chi connectivity index (χ0n) is 7.69. The van der Waals surface area contributed by atoms with Crippen LogP contribution in [0.2, 0.25) is 0 Å². The van der Waals surface area contributed by atoms with E-state index in [1.807, 2.05) is 0 Å². The van der Waals surface area contributed by atoms with Gasteiger partial charge in [-0.25, -0.2) is 0 Å². The maximum Gasteiger partial charge on any atom is 0.0717 e. The molecule has 0 bridgehead atoms. The van der Waals surface area contributed by atoms with Crippen LogP contribution >= 0.6 is 0 Å². The summed E-state index contributed by atoms with van der Waals surface area (Å²) in [5.41, 5.74) is 0. The van der Waals surface area contributed by atoms with Crippen LogP contribution < -0.4 is 10.2 Å². The van der Waals surface area contributed by atoms with Gasteiger partial charge in [0, 0.05) is 6.54 Å². The third-order valence-electron chi connectivity index (χ3n) is 1.59. The maximum absolute atomic E-state index is 3.92. The molecule has 0 rings (SSSR count). The number of hydrogen-bond donors (Lipinski definition) is 2. The molecule has 2 heteroatoms. The van der Waals surface area contributed by atoms with Crippen molar-refractivity contribution in [2.45, 2.75) is 13.8 Å². The summed E-state index contributed by atoms with van der Waals surface area (Å²) in [5, 5.41) is 3.22. The van der Waals surface area contributed by atoms with E-state index in [0.29, 0.717) is 0 Å². The summed E-state index contributed by atoms with van der Waals surface area (Å²) in [5.74, 6) is 0. The molecule has 0 aromatic rings. The molecule has 0 aliphatic heterocycles. The van der Waals surface area contributed by atoms with Gasteiger partial charge in [0.1, 0.15) is 0 Å². The van der Waals surface area contributed by atoms with Crippen LogP contribution in [-0.4, -0.2) is 26.2 Å². The lowest BCUT2D eigenvalue weighted by Gasteiger charge is -2.15. The molecule has 66 valence electrons. The lowest BCUT2D eigenvalue weighted by Crippen LogP contribution is -3.06. The number of likely N-dealkylation sites (N-methyl/N-ethyl adjacent to an activating group) is 2. The van der Waals surface area contributed by atoms with Gasteiger partial charge in [-0.1, -0.05) is 13.0 Å². The lowest BCUT2D eigenvalue weighted by molar-refractivity contribution is -0.845. The predicted molar refractivity (Wildman–Crippen MR) is 49.4 cm³/mol. The number of nitrogens with one attached hydrogen (secondary N) is 2. The highest BCUT2D eigenvalue weighted by Gasteiger charge is 1.84. The molecule has 2 nitrogen and oxygen atoms in total. The Kier molecular flexibility index (Phi) is 7.52. The summed E-state index contributed by atoms with van der Waals surface area (Å²) in [7, 11) is 3.92. The van der Waals surface area contributed by atoms with E-state index in [4.69, 9.17) is 0 Å². The van der Waals surface area contributed by atoms with Crippen LogP contribution in [0.15, 0.2) is 12.2 Å². The van der Waals surface area contributed by atoms with Gasteiger partial charge in [0.25, 0.3) is 0 Å². The van der Waals surface area contributed by atoms with Crippen molar-refractivity contribution in [3.8, 4) is 0 Å². The van der Waals surface area contributed by atoms with Crippen LogP contribution in [0.25, 0.3) is 0 Å². The van der Waals surface area contributed by atoms with Gasteiger partial charge in [-0.2, -0.15) is 7.05 Å². The zero-order valence-corrected chi connectivity index (χ0v) is 7.69. The second-order valence-electron chi connectivity index (χ2n) is 2.59. The van der Waals surface area contributed by atoms with E-state index in [2.05, 4.69) is 38.4 Å². The summed E-state index contributed by atoms with van der Waals surface area (Å²) in [6.07, 6.45) is 4.33. The molecule has 0 aromatic carbocycles. The lowest BCUT2D eigenvalue weighted by atomic mass is 10.4. The van der Waals surface area contributed by atoms with Gasteiger partial charge in [0.2, 0.25) is 0 Å². The van der Waals surface area contributed by atoms with Crippen LogP contribution in [-0.2, 0) is 0 Å². The topological polar surface area (TPSA) is 16.5 Å². The van der Waals surface area contributed by atoms with Gasteiger partial charge in [0.15, 0.2) is 0 Å². The normalized spacial score (nSPS) is 14.1. The Morgan fingerprint density at radius 3 is 2.64 bits per heavy atom. The van der Waals surface area contributed by atoms with Crippen molar-refractivity contribution in [3.63, 3.8) is 0 Å². The molecular weight excluding hydrogens is 136 g/mol. The summed E-state index contributed by atoms with van der Waals surface area (Å²) in [6, 6.07) is 0. The van der Waals surface area contributed by atoms with Crippen molar-refractivity contribution in [1.29, 1.82) is 0 Å². The summed E-state index contributed by atoms with van der Waals surface area (Å²) in [6.45, 7) is 8.39. The van der Waals surface area contributed by atoms with Gasteiger partial charge in [-0.3, -0.25) is 0 Å². The highest BCUT2D eigenvalue weighted by atomic mass is 15.1. The van der Waals surface area contributed by atoms with Crippen LogP contribution in [0.3, 0.4) is 0 Å². The van der Waals surface area contributed by atoms with E-state index in [1.165, 1.54) is 4.90 Å². The van der Waals surface area contributed by atoms with Gasteiger partial charge in [0.05, 0.1) is 13.1 Å². The maximum atomic E-state index is 3.92. The molecule has 0 saturated carbocycles. The Labute approximate surface area is 70.3 Å². The monoisotopic (exact) mass is 156 g/mol. The van der Waals surface area contributed by atoms with Crippen molar-refractivity contribution in [3.05, 3.63) is 19.2 Å². The Hall–Kier alpha value is -0.340. The third kappa shape index (κ3) is 7.56. The number of quaternary nitrogens is 1. The van der Waals surface area contributed by atoms with Crippen molar-refractivity contribution in [2.75, 3.05) is 26.2 Å². The Bertz CT molecular complexity index is 99.7. The van der Waals surface area contributed by atoms with Crippen LogP contribution in [0, 0.1) is 7.05 Å². The van der Waals surface area contributed by atoms with Gasteiger partial charge < -0.3 is 10.2 Å². The highest BCUT2D eigenvalue weighted by molar-refractivity contribution is 4.82. The molecule has 0 saturated heterocycles. The summed E-state index contributed by atoms with van der Waals surface area (Å²) < 4.78 is 0. The van der Waals surface area contributed by atoms with Crippen LogP contribution in [0.5, 0.6) is 0 Å². The second-order valence-corrected chi connectivity index (χ2v) is 2.59. The Balaban J connectivity index is 3.15. The molecule has 1 atom stereocenters. The molecule has 0 fully saturated rings. The average Bonchev–Trinajstić information content (AvgIpc) is 2.04. The average molecular weight is 156 g/mol. The number of hydrogen-bond acceptors (Lipinski definition) is 1. The van der Waals surface area contributed by atoms with Crippen molar-refractivity contribution >= 4 is 0 Å². The molecule has 2 N–H and O–H groups in total. The first kappa shape index (κ1) is 10.7. The van der Waals surface area contributed by atoms with E-state index in [0.717, 1.165) is 26.2 Å². The first-order valence-corrected chi connectivity index (χ1v) is 4.33. The summed E-state index contributed by atoms with van der Waals surface area (Å²) >= 11 is 0. The fourth-order valence-electron chi connectivity index (χ4n) is 0.705. The minimum absolute atomic E-state index is 0.980. The SMILES string of the molecule is [CH2-][NH+](CC)C/C=C/CNCC. The summed E-state index contributed by atoms with van der Waals surface area (Å²) in [4.78, 5) is 1.30. The standard InChI is InChI=1S/C9H20N2/c1-4-10-8-6-7-9-11(3)5-2/h6-7,10-11H,3-5,8-9H2,1-2H3/b7-6+. The smallest absolute Gasteiger partial charge is 0.0717 e. The quantitative estimate of drug-likeness (QED) is 0.310. The molecule has 0 aromatic heterocycles. The molecule has 0 spiro atoms. The molecule has 0 heterocycles. The second kappa shape index (κ2) is 7.76. The van der Waals surface area contributed by atoms with Crippen LogP contribution in [0.4, 0.5) is 0 Å². The molecule has 11 heavy (non-hydrogen) atoms. The number of rotatable bonds is 6. The van der Waals surface area contributed by atoms with Crippen molar-refractivity contribution < 1.29 is 4.90 Å². The van der Waals surface area contributed by atoms with E-state index in [1.54, 1.807) is 0 Å². The van der Waals surface area contributed by atoms with Gasteiger partial charge in [-0.15, -0.1) is 0 Å². The Morgan fingerprint density at radius 2 is 2.09 bits per heavy atom. The van der Waals surface area contributed by atoms with Crippen LogP contribution in [0.1, 0.15) is 13.8 Å². The fourth-order valence-corrected chi connectivity index (χ4v) is 0.705. The van der Waals surface area contributed by atoms with Crippen molar-refractivity contribution in [1.82, 2.24) is 5.32 Å².